The van der Waals surface area contributed by atoms with Crippen LogP contribution in [0.4, 0.5) is 17.3 Å². The first-order chi connectivity index (χ1) is 16.5. The molecule has 2 fully saturated rings. The van der Waals surface area contributed by atoms with Gasteiger partial charge in [-0.05, 0) is 50.7 Å². The van der Waals surface area contributed by atoms with E-state index in [0.717, 1.165) is 25.7 Å². The maximum Gasteiger partial charge on any atom is 0.276 e. The highest BCUT2D eigenvalue weighted by atomic mass is 16.5. The number of ether oxygens (including phenoxy) is 1. The van der Waals surface area contributed by atoms with Crippen LogP contribution in [0.15, 0.2) is 35.4 Å². The van der Waals surface area contributed by atoms with Crippen LogP contribution in [0.5, 0.6) is 0 Å². The minimum absolute atomic E-state index is 0.0766. The van der Waals surface area contributed by atoms with Crippen LogP contribution in [0.2, 0.25) is 0 Å². The molecule has 0 spiro atoms. The van der Waals surface area contributed by atoms with Crippen LogP contribution in [0.25, 0.3) is 5.65 Å². The number of nitrogens with one attached hydrogen (secondary N) is 3. The van der Waals surface area contributed by atoms with Crippen molar-refractivity contribution in [1.29, 1.82) is 0 Å². The normalized spacial score (nSPS) is 22.6. The Morgan fingerprint density at radius 3 is 2.88 bits per heavy atom. The summed E-state index contributed by atoms with van der Waals surface area (Å²) < 4.78 is 8.92. The number of rotatable bonds is 6. The summed E-state index contributed by atoms with van der Waals surface area (Å²) >= 11 is 0. The highest BCUT2D eigenvalue weighted by Gasteiger charge is 2.26. The number of pyridine rings is 1. The summed E-state index contributed by atoms with van der Waals surface area (Å²) in [5.74, 6) is 0.717. The number of carbonyl (C=O) groups excluding carboxylic acids is 1. The fourth-order valence-corrected chi connectivity index (χ4v) is 4.63. The van der Waals surface area contributed by atoms with E-state index >= 15 is 0 Å². The molecule has 34 heavy (non-hydrogen) atoms. The summed E-state index contributed by atoms with van der Waals surface area (Å²) in [5.41, 5.74) is 0.842. The lowest BCUT2D eigenvalue weighted by atomic mass is 10.2. The van der Waals surface area contributed by atoms with Gasteiger partial charge in [-0.3, -0.25) is 14.2 Å². The zero-order chi connectivity index (χ0) is 23.7. The highest BCUT2D eigenvalue weighted by Crippen LogP contribution is 2.24. The molecular formula is C23H29N7O4. The van der Waals surface area contributed by atoms with E-state index in [1.165, 1.54) is 6.20 Å². The van der Waals surface area contributed by atoms with Gasteiger partial charge in [0.1, 0.15) is 29.1 Å². The molecule has 1 amide bonds. The van der Waals surface area contributed by atoms with Crippen LogP contribution in [0.3, 0.4) is 0 Å². The molecule has 0 bridgehead atoms. The van der Waals surface area contributed by atoms with Gasteiger partial charge in [-0.1, -0.05) is 0 Å². The first kappa shape index (κ1) is 22.4. The molecule has 1 unspecified atom stereocenters. The van der Waals surface area contributed by atoms with Gasteiger partial charge in [-0.2, -0.15) is 9.61 Å². The maximum atomic E-state index is 13.1. The standard InChI is InChI=1S/C23H29N7O4/c1-24-19-12-18(27-17-5-4-9-29(23(17)33)20-6-2-3-10-34-20)28-21-16(13-25-30(19)21)22(32)26-14-7-8-15(31)11-14/h4-5,9,12-15,20,24,31H,2-3,6-8,10-11H2,1H3,(H,26,32)(H,27,28)/t14?,15-,20-/m1/s1. The van der Waals surface area contributed by atoms with Gasteiger partial charge in [0.25, 0.3) is 11.5 Å². The molecule has 11 nitrogen and oxygen atoms in total. The van der Waals surface area contributed by atoms with E-state index in [1.54, 1.807) is 40.5 Å². The Balaban J connectivity index is 1.44. The largest absolute Gasteiger partial charge is 0.393 e. The number of anilines is 3. The zero-order valence-corrected chi connectivity index (χ0v) is 19.0. The summed E-state index contributed by atoms with van der Waals surface area (Å²) in [4.78, 5) is 30.6. The van der Waals surface area contributed by atoms with Crippen molar-refractivity contribution in [3.8, 4) is 0 Å². The Morgan fingerprint density at radius 2 is 2.15 bits per heavy atom. The Morgan fingerprint density at radius 1 is 1.26 bits per heavy atom. The second kappa shape index (κ2) is 9.43. The monoisotopic (exact) mass is 467 g/mol. The topological polar surface area (TPSA) is 135 Å². The van der Waals surface area contributed by atoms with Gasteiger partial charge in [0.15, 0.2) is 5.65 Å². The second-order valence-electron chi connectivity index (χ2n) is 8.79. The smallest absolute Gasteiger partial charge is 0.276 e. The molecule has 3 aromatic rings. The third kappa shape index (κ3) is 4.36. The summed E-state index contributed by atoms with van der Waals surface area (Å²) in [6.07, 6.45) is 7.32. The molecule has 3 atom stereocenters. The van der Waals surface area contributed by atoms with E-state index in [2.05, 4.69) is 26.0 Å². The number of carbonyl (C=O) groups is 1. The zero-order valence-electron chi connectivity index (χ0n) is 19.0. The van der Waals surface area contributed by atoms with Crippen molar-refractivity contribution in [2.75, 3.05) is 24.3 Å². The maximum absolute atomic E-state index is 13.1. The van der Waals surface area contributed by atoms with E-state index in [-0.39, 0.29) is 29.8 Å². The summed E-state index contributed by atoms with van der Waals surface area (Å²) in [6, 6.07) is 5.14. The first-order valence-electron chi connectivity index (χ1n) is 11.7. The molecule has 1 aliphatic heterocycles. The van der Waals surface area contributed by atoms with Crippen LogP contribution in [-0.4, -0.2) is 56.0 Å². The predicted molar refractivity (Wildman–Crippen MR) is 126 cm³/mol. The molecule has 0 radical (unpaired) electrons. The van der Waals surface area contributed by atoms with Gasteiger partial charge in [0, 0.05) is 32.0 Å². The highest BCUT2D eigenvalue weighted by molar-refractivity contribution is 6.00. The average molecular weight is 468 g/mol. The fraction of sp³-hybridized carbons (Fsp3) is 0.478. The third-order valence-electron chi connectivity index (χ3n) is 6.42. The van der Waals surface area contributed by atoms with Gasteiger partial charge in [0.2, 0.25) is 0 Å². The summed E-state index contributed by atoms with van der Waals surface area (Å²) in [5, 5.41) is 23.2. The number of hydrogen-bond donors (Lipinski definition) is 4. The Bertz CT molecular complexity index is 1250. The minimum Gasteiger partial charge on any atom is -0.393 e. The van der Waals surface area contributed by atoms with Crippen molar-refractivity contribution in [1.82, 2.24) is 24.5 Å². The molecule has 0 aromatic carbocycles. The van der Waals surface area contributed by atoms with Crippen molar-refractivity contribution in [3.05, 3.63) is 46.5 Å². The molecule has 2 aliphatic rings. The number of nitrogens with zero attached hydrogens (tertiary/aromatic N) is 4. The lowest BCUT2D eigenvalue weighted by molar-refractivity contribution is -0.0339. The van der Waals surface area contributed by atoms with Crippen LogP contribution in [0, 0.1) is 0 Å². The molecule has 5 rings (SSSR count). The second-order valence-corrected chi connectivity index (χ2v) is 8.79. The first-order valence-corrected chi connectivity index (χ1v) is 11.7. The lowest BCUT2D eigenvalue weighted by Gasteiger charge is -2.24. The number of aromatic nitrogens is 4. The third-order valence-corrected chi connectivity index (χ3v) is 6.42. The van der Waals surface area contributed by atoms with Gasteiger partial charge in [0.05, 0.1) is 12.3 Å². The molecule has 1 saturated carbocycles. The van der Waals surface area contributed by atoms with Crippen LogP contribution < -0.4 is 21.5 Å². The van der Waals surface area contributed by atoms with Gasteiger partial charge in [-0.25, -0.2) is 4.98 Å². The number of fused-ring (bicyclic) bond motifs is 1. The molecular weight excluding hydrogens is 438 g/mol. The predicted octanol–water partition coefficient (Wildman–Crippen LogP) is 2.02. The van der Waals surface area contributed by atoms with E-state index in [4.69, 9.17) is 4.74 Å². The summed E-state index contributed by atoms with van der Waals surface area (Å²) in [7, 11) is 1.75. The molecule has 180 valence electrons. The number of amides is 1. The summed E-state index contributed by atoms with van der Waals surface area (Å²) in [6.45, 7) is 0.643. The van der Waals surface area contributed by atoms with Crippen LogP contribution in [0.1, 0.15) is 55.1 Å². The van der Waals surface area contributed by atoms with Crippen molar-refractivity contribution in [3.63, 3.8) is 0 Å². The van der Waals surface area contributed by atoms with E-state index in [9.17, 15) is 14.7 Å². The number of aliphatic hydroxyl groups excluding tert-OH is 1. The van der Waals surface area contributed by atoms with Crippen molar-refractivity contribution in [2.45, 2.75) is 56.9 Å². The fourth-order valence-electron chi connectivity index (χ4n) is 4.63. The van der Waals surface area contributed by atoms with E-state index < -0.39 is 0 Å². The lowest BCUT2D eigenvalue weighted by Crippen LogP contribution is -2.33. The molecule has 11 heteroatoms. The molecule has 4 N–H and O–H groups in total. The van der Waals surface area contributed by atoms with Gasteiger partial charge < -0.3 is 25.8 Å². The van der Waals surface area contributed by atoms with E-state index in [0.29, 0.717) is 48.0 Å². The van der Waals surface area contributed by atoms with Gasteiger partial charge >= 0.3 is 0 Å². The van der Waals surface area contributed by atoms with Crippen LogP contribution >= 0.6 is 0 Å². The Kier molecular flexibility index (Phi) is 6.20. The Hall–Kier alpha value is -3.44. The molecule has 3 aromatic heterocycles. The van der Waals surface area contributed by atoms with Gasteiger partial charge in [-0.15, -0.1) is 0 Å². The van der Waals surface area contributed by atoms with Crippen molar-refractivity contribution in [2.24, 2.45) is 0 Å². The Labute approximate surface area is 196 Å². The average Bonchev–Trinajstić information content (AvgIpc) is 3.46. The van der Waals surface area contributed by atoms with Crippen LogP contribution in [-0.2, 0) is 4.74 Å². The quantitative estimate of drug-likeness (QED) is 0.433. The van der Waals surface area contributed by atoms with Crippen molar-refractivity contribution < 1.29 is 14.6 Å². The van der Waals surface area contributed by atoms with Crippen molar-refractivity contribution >= 4 is 28.9 Å². The number of hydrogen-bond acceptors (Lipinski definition) is 8. The molecule has 1 aliphatic carbocycles. The molecule has 4 heterocycles. The SMILES string of the molecule is CNc1cc(Nc2cccn([C@H]3CCCCO3)c2=O)nc2c(C(=O)NC3CC[C@@H](O)C3)cnn12. The molecule has 1 saturated heterocycles. The minimum atomic E-state index is -0.382. The van der Waals surface area contributed by atoms with E-state index in [1.807, 2.05) is 0 Å². The number of aliphatic hydroxyl groups is 1.